The zero-order valence-corrected chi connectivity index (χ0v) is 17.6. The molecular formula is C24H23ClN4O. The van der Waals surface area contributed by atoms with Gasteiger partial charge in [0.25, 0.3) is 0 Å². The molecule has 0 radical (unpaired) electrons. The normalized spacial score (nSPS) is 11.1. The molecule has 152 valence electrons. The van der Waals surface area contributed by atoms with Crippen LogP contribution in [0.4, 0.5) is 0 Å². The van der Waals surface area contributed by atoms with Crippen molar-refractivity contribution in [3.05, 3.63) is 76.3 Å². The van der Waals surface area contributed by atoms with Gasteiger partial charge < -0.3 is 14.7 Å². The summed E-state index contributed by atoms with van der Waals surface area (Å²) < 4.78 is 2.03. The fraction of sp³-hybridized carbons (Fsp3) is 0.250. The first kappa shape index (κ1) is 20.2. The summed E-state index contributed by atoms with van der Waals surface area (Å²) in [5.41, 5.74) is 5.22. The highest BCUT2D eigenvalue weighted by Gasteiger charge is 2.16. The summed E-state index contributed by atoms with van der Waals surface area (Å²) >= 11 is 6.27. The number of aliphatic hydroxyl groups excluding tert-OH is 1. The number of fused-ring (bicyclic) bond motifs is 1. The van der Waals surface area contributed by atoms with E-state index in [1.807, 2.05) is 34.9 Å². The van der Waals surface area contributed by atoms with Crippen molar-refractivity contribution < 1.29 is 5.11 Å². The van der Waals surface area contributed by atoms with Crippen LogP contribution in [0.1, 0.15) is 42.4 Å². The molecule has 0 unspecified atom stereocenters. The van der Waals surface area contributed by atoms with Crippen molar-refractivity contribution in [2.75, 3.05) is 0 Å². The van der Waals surface area contributed by atoms with Crippen molar-refractivity contribution in [2.24, 2.45) is 0 Å². The number of nitrogens with zero attached hydrogens (tertiary/aromatic N) is 3. The Hall–Kier alpha value is -3.07. The third-order valence-electron chi connectivity index (χ3n) is 5.37. The molecule has 4 rings (SSSR count). The number of unbranched alkanes of at least 4 members (excludes halogenated alkanes) is 1. The number of hydrogen-bond donors (Lipinski definition) is 2. The third kappa shape index (κ3) is 3.85. The van der Waals surface area contributed by atoms with Gasteiger partial charge >= 0.3 is 0 Å². The molecule has 2 aromatic heterocycles. The predicted molar refractivity (Wildman–Crippen MR) is 119 cm³/mol. The van der Waals surface area contributed by atoms with Gasteiger partial charge in [0.2, 0.25) is 0 Å². The number of nitriles is 1. The Labute approximate surface area is 180 Å². The van der Waals surface area contributed by atoms with Crippen LogP contribution >= 0.6 is 11.6 Å². The van der Waals surface area contributed by atoms with E-state index >= 15 is 0 Å². The first-order valence-corrected chi connectivity index (χ1v) is 10.5. The molecule has 0 aliphatic heterocycles. The number of aromatic nitrogens is 3. The largest absolute Gasteiger partial charge is 0.390 e. The molecular weight excluding hydrogens is 396 g/mol. The third-order valence-corrected chi connectivity index (χ3v) is 5.67. The summed E-state index contributed by atoms with van der Waals surface area (Å²) in [6.45, 7) is 2.60. The lowest BCUT2D eigenvalue weighted by Crippen LogP contribution is -2.09. The minimum atomic E-state index is -0.139. The first-order chi connectivity index (χ1) is 14.6. The van der Waals surface area contributed by atoms with Crippen molar-refractivity contribution in [3.63, 3.8) is 0 Å². The molecule has 6 heteroatoms. The molecule has 0 atom stereocenters. The fourth-order valence-electron chi connectivity index (χ4n) is 3.79. The number of H-pyrrole nitrogens is 1. The van der Waals surface area contributed by atoms with Crippen molar-refractivity contribution in [1.82, 2.24) is 14.5 Å². The fourth-order valence-corrected chi connectivity index (χ4v) is 4.05. The maximum atomic E-state index is 9.79. The smallest absolute Gasteiger partial charge is 0.152 e. The minimum Gasteiger partial charge on any atom is -0.390 e. The maximum Gasteiger partial charge on any atom is 0.152 e. The molecule has 2 heterocycles. The molecule has 0 aliphatic rings. The quantitative estimate of drug-likeness (QED) is 0.419. The highest BCUT2D eigenvalue weighted by Crippen LogP contribution is 2.28. The highest BCUT2D eigenvalue weighted by atomic mass is 35.5. The number of hydrogen-bond acceptors (Lipinski definition) is 3. The van der Waals surface area contributed by atoms with E-state index in [9.17, 15) is 10.4 Å². The Morgan fingerprint density at radius 2 is 2.03 bits per heavy atom. The van der Waals surface area contributed by atoms with Crippen LogP contribution < -0.4 is 0 Å². The SMILES string of the molecule is CCCCc1nc(Cl)c(CO)n1Cc1ccc2[nH]c(-c3ccccc3C#N)cc2c1. The van der Waals surface area contributed by atoms with Crippen LogP contribution in [-0.2, 0) is 19.6 Å². The molecule has 0 fully saturated rings. The topological polar surface area (TPSA) is 77.6 Å². The minimum absolute atomic E-state index is 0.139. The van der Waals surface area contributed by atoms with Gasteiger partial charge in [-0.15, -0.1) is 0 Å². The Balaban J connectivity index is 1.69. The second-order valence-corrected chi connectivity index (χ2v) is 7.73. The number of benzene rings is 2. The van der Waals surface area contributed by atoms with Crippen LogP contribution in [0, 0.1) is 11.3 Å². The van der Waals surface area contributed by atoms with Crippen LogP contribution in [0.2, 0.25) is 5.15 Å². The number of aliphatic hydroxyl groups is 1. The van der Waals surface area contributed by atoms with Gasteiger partial charge in [-0.3, -0.25) is 0 Å². The molecule has 0 saturated heterocycles. The summed E-state index contributed by atoms with van der Waals surface area (Å²) in [6.07, 6.45) is 2.93. The summed E-state index contributed by atoms with van der Waals surface area (Å²) in [4.78, 5) is 7.88. The maximum absolute atomic E-state index is 9.79. The van der Waals surface area contributed by atoms with Crippen molar-refractivity contribution in [2.45, 2.75) is 39.3 Å². The molecule has 5 nitrogen and oxygen atoms in total. The lowest BCUT2D eigenvalue weighted by Gasteiger charge is -2.11. The summed E-state index contributed by atoms with van der Waals surface area (Å²) in [7, 11) is 0. The summed E-state index contributed by atoms with van der Waals surface area (Å²) in [5, 5.41) is 20.6. The molecule has 0 aliphatic carbocycles. The van der Waals surface area contributed by atoms with Crippen molar-refractivity contribution in [3.8, 4) is 17.3 Å². The lowest BCUT2D eigenvalue weighted by atomic mass is 10.1. The van der Waals surface area contributed by atoms with E-state index in [1.165, 1.54) is 0 Å². The summed E-state index contributed by atoms with van der Waals surface area (Å²) in [5.74, 6) is 0.906. The number of nitrogens with one attached hydrogen (secondary N) is 1. The zero-order valence-electron chi connectivity index (χ0n) is 16.8. The number of rotatable bonds is 7. The molecule has 2 aromatic carbocycles. The van der Waals surface area contributed by atoms with Gasteiger partial charge in [-0.2, -0.15) is 5.26 Å². The molecule has 0 spiro atoms. The van der Waals surface area contributed by atoms with Gasteiger partial charge in [0.05, 0.1) is 23.9 Å². The van der Waals surface area contributed by atoms with Gasteiger partial charge in [0.15, 0.2) is 5.15 Å². The first-order valence-electron chi connectivity index (χ1n) is 10.1. The van der Waals surface area contributed by atoms with Crippen molar-refractivity contribution >= 4 is 22.5 Å². The standard InChI is InChI=1S/C24H23ClN4O/c1-2-3-8-23-28-24(25)22(15-30)29(23)14-16-9-10-20-18(11-16)12-21(27-20)19-7-5-4-6-17(19)13-26/h4-7,9-12,27,30H,2-3,8,14-15H2,1H3. The van der Waals surface area contributed by atoms with E-state index in [0.717, 1.165) is 52.8 Å². The van der Waals surface area contributed by atoms with Crippen molar-refractivity contribution in [1.29, 1.82) is 5.26 Å². The number of halogens is 1. The second-order valence-electron chi connectivity index (χ2n) is 7.38. The number of aryl methyl sites for hydroxylation is 1. The summed E-state index contributed by atoms with van der Waals surface area (Å²) in [6, 6.07) is 18.1. The van der Waals surface area contributed by atoms with Gasteiger partial charge in [-0.05, 0) is 36.2 Å². The Morgan fingerprint density at radius 1 is 1.20 bits per heavy atom. The molecule has 0 amide bonds. The predicted octanol–water partition coefficient (Wildman–Crippen LogP) is 5.44. The van der Waals surface area contributed by atoms with Gasteiger partial charge in [0, 0.05) is 35.1 Å². The molecule has 30 heavy (non-hydrogen) atoms. The van der Waals surface area contributed by atoms with Crippen LogP contribution in [0.15, 0.2) is 48.5 Å². The zero-order chi connectivity index (χ0) is 21.1. The molecule has 4 aromatic rings. The van der Waals surface area contributed by atoms with Crippen LogP contribution in [0.25, 0.3) is 22.2 Å². The Morgan fingerprint density at radius 3 is 2.80 bits per heavy atom. The molecule has 0 bridgehead atoms. The number of aromatic amines is 1. The highest BCUT2D eigenvalue weighted by molar-refractivity contribution is 6.30. The van der Waals surface area contributed by atoms with Crippen LogP contribution in [-0.4, -0.2) is 19.6 Å². The molecule has 2 N–H and O–H groups in total. The average Bonchev–Trinajstić information content (AvgIpc) is 3.32. The van der Waals surface area contributed by atoms with E-state index in [0.29, 0.717) is 23.0 Å². The van der Waals surface area contributed by atoms with E-state index < -0.39 is 0 Å². The van der Waals surface area contributed by atoms with E-state index in [2.05, 4.69) is 41.2 Å². The molecule has 0 saturated carbocycles. The lowest BCUT2D eigenvalue weighted by molar-refractivity contribution is 0.271. The van der Waals surface area contributed by atoms with Gasteiger partial charge in [-0.25, -0.2) is 4.98 Å². The second kappa shape index (κ2) is 8.74. The Kier molecular flexibility index (Phi) is 5.89. The van der Waals surface area contributed by atoms with E-state index in [1.54, 1.807) is 0 Å². The van der Waals surface area contributed by atoms with Gasteiger partial charge in [0.1, 0.15) is 5.82 Å². The van der Waals surface area contributed by atoms with E-state index in [4.69, 9.17) is 11.6 Å². The average molecular weight is 419 g/mol. The van der Waals surface area contributed by atoms with Gasteiger partial charge in [-0.1, -0.05) is 49.2 Å². The van der Waals surface area contributed by atoms with E-state index in [-0.39, 0.29) is 6.61 Å². The monoisotopic (exact) mass is 418 g/mol. The van der Waals surface area contributed by atoms with Crippen LogP contribution in [0.3, 0.4) is 0 Å². The Bertz CT molecular complexity index is 1230. The van der Waals surface area contributed by atoms with Crippen LogP contribution in [0.5, 0.6) is 0 Å². The number of imidazole rings is 1.